The number of rotatable bonds is 56. The highest BCUT2D eigenvalue weighted by atomic mass is 32.2. The molecule has 0 spiro atoms. The van der Waals surface area contributed by atoms with Crippen LogP contribution in [-0.2, 0) is 88.1 Å². The monoisotopic (exact) mass is 1540 g/mol. The van der Waals surface area contributed by atoms with Crippen molar-refractivity contribution in [1.29, 1.82) is 0 Å². The summed E-state index contributed by atoms with van der Waals surface area (Å²) in [5.41, 5.74) is 1.97. The fourth-order valence-corrected chi connectivity index (χ4v) is 13.1. The number of carboxylic acid groups (broad SMARTS) is 11. The molecule has 2 heterocycles. The Morgan fingerprint density at radius 2 is 0.898 bits per heavy atom. The number of nitrogens with one attached hydrogen (secondary N) is 3. The number of anilines is 1. The van der Waals surface area contributed by atoms with Crippen molar-refractivity contribution in [3.63, 3.8) is 0 Å². The predicted molar refractivity (Wildman–Crippen MR) is 374 cm³/mol. The van der Waals surface area contributed by atoms with Gasteiger partial charge in [0.15, 0.2) is 30.9 Å². The lowest BCUT2D eigenvalue weighted by Gasteiger charge is -2.26. The van der Waals surface area contributed by atoms with E-state index in [9.17, 15) is 143 Å². The number of amides is 3. The highest BCUT2D eigenvalue weighted by Gasteiger charge is 2.36. The number of Topliss-reactive ketones (excluding diaryl/α,β-unsaturated/α-hetero) is 3. The van der Waals surface area contributed by atoms with Crippen LogP contribution in [0.15, 0.2) is 83.1 Å². The molecule has 1 aliphatic heterocycles. The molecular weight excluding hydrogens is 1450 g/mol. The number of ketones is 3. The Labute approximate surface area is 620 Å². The molecule has 15 N–H and O–H groups in total. The maximum Gasteiger partial charge on any atom is 0.341 e. The van der Waals surface area contributed by atoms with Gasteiger partial charge in [-0.25, -0.2) is 9.59 Å². The van der Waals surface area contributed by atoms with Crippen LogP contribution in [0, 0.1) is 5.92 Å². The molecule has 108 heavy (non-hydrogen) atoms. The van der Waals surface area contributed by atoms with Crippen LogP contribution in [0.2, 0.25) is 0 Å². The number of carboxylic acids is 11. The Kier molecular flexibility index (Phi) is 36.8. The number of para-hydroxylation sites is 2. The van der Waals surface area contributed by atoms with Crippen LogP contribution in [0.5, 0.6) is 0 Å². The first-order chi connectivity index (χ1) is 50.9. The average molecular weight is 1540 g/mol. The number of hydrogen-bond donors (Lipinski definition) is 15. The molecule has 6 unspecified atom stereocenters. The summed E-state index contributed by atoms with van der Waals surface area (Å²) in [4.78, 5) is 217. The maximum atomic E-state index is 14.1. The smallest absolute Gasteiger partial charge is 0.341 e. The molecule has 0 saturated carbocycles. The third-order valence-electron chi connectivity index (χ3n) is 16.9. The minimum Gasteiger partial charge on any atom is -0.512 e. The SMILES string of the molecule is C=C(O)CN(CC(=O)O)C(CCCCCC(=O)C(CCC(=O)NC(C(=O)O)N(CC(=O)O)CC(=O)O)CC(=O)CC[n+]1ccc(C=C2Sc3ccccc3N2CCC(=O)NC(CCC(=O)NC(C(=O)O)N(CC(=O)O)CC(=O)O)C(=O)CCCCCC(C(=O)O)N(CC(=O)O)CC(=O)O)c2ccccc21)C(=O)O. The van der Waals surface area contributed by atoms with Gasteiger partial charge in [-0.2, -0.15) is 4.57 Å². The van der Waals surface area contributed by atoms with E-state index in [0.29, 0.717) is 37.0 Å². The zero-order valence-electron chi connectivity index (χ0n) is 58.5. The van der Waals surface area contributed by atoms with E-state index in [1.54, 1.807) is 53.2 Å². The van der Waals surface area contributed by atoms with Crippen molar-refractivity contribution < 1.29 is 147 Å². The number of aliphatic hydroxyl groups excluding tert-OH is 1. The highest BCUT2D eigenvalue weighted by Crippen LogP contribution is 2.47. The Bertz CT molecular complexity index is 3800. The van der Waals surface area contributed by atoms with E-state index in [1.807, 2.05) is 23.1 Å². The number of aliphatic hydroxyl groups is 1. The lowest BCUT2D eigenvalue weighted by molar-refractivity contribution is -0.670. The van der Waals surface area contributed by atoms with Gasteiger partial charge in [-0.3, -0.25) is 91.5 Å². The minimum absolute atomic E-state index is 0.0224. The topological polar surface area (TPSA) is 589 Å². The molecule has 0 fully saturated rings. The highest BCUT2D eigenvalue weighted by molar-refractivity contribution is 8.03. The molecule has 1 aliphatic rings. The van der Waals surface area contributed by atoms with E-state index < -0.39 is 221 Å². The molecule has 588 valence electrons. The molecule has 2 aromatic carbocycles. The van der Waals surface area contributed by atoms with Crippen LogP contribution in [-0.4, -0.2) is 271 Å². The summed E-state index contributed by atoms with van der Waals surface area (Å²) in [5.74, 6) is -23.3. The molecule has 38 nitrogen and oxygen atoms in total. The van der Waals surface area contributed by atoms with Crippen LogP contribution < -0.4 is 25.4 Å². The number of pyridine rings is 1. The zero-order chi connectivity index (χ0) is 80.5. The molecule has 0 radical (unpaired) electrons. The summed E-state index contributed by atoms with van der Waals surface area (Å²) < 4.78 is 1.78. The van der Waals surface area contributed by atoms with Crippen molar-refractivity contribution in [3.05, 3.63) is 83.7 Å². The van der Waals surface area contributed by atoms with Crippen molar-refractivity contribution in [1.82, 2.24) is 35.6 Å². The van der Waals surface area contributed by atoms with Gasteiger partial charge in [-0.15, -0.1) is 0 Å². The van der Waals surface area contributed by atoms with Gasteiger partial charge in [0.2, 0.25) is 23.2 Å². The van der Waals surface area contributed by atoms with Gasteiger partial charge in [-0.05, 0) is 68.4 Å². The van der Waals surface area contributed by atoms with Crippen molar-refractivity contribution in [2.24, 2.45) is 5.92 Å². The number of carbonyl (C=O) groups excluding carboxylic acids is 6. The minimum atomic E-state index is -2.16. The largest absolute Gasteiger partial charge is 0.512 e. The average Bonchev–Trinajstić information content (AvgIpc) is 1.63. The summed E-state index contributed by atoms with van der Waals surface area (Å²) in [6.07, 6.45) is -3.68. The van der Waals surface area contributed by atoms with Gasteiger partial charge in [0, 0.05) is 68.0 Å². The molecule has 39 heteroatoms. The van der Waals surface area contributed by atoms with Crippen molar-refractivity contribution in [2.45, 2.75) is 151 Å². The second-order valence-corrected chi connectivity index (χ2v) is 26.3. The summed E-state index contributed by atoms with van der Waals surface area (Å²) in [5, 5.41) is 123. The Morgan fingerprint density at radius 1 is 0.454 bits per heavy atom. The normalized spacial score (nSPS) is 13.9. The Morgan fingerprint density at radius 3 is 1.38 bits per heavy atom. The van der Waals surface area contributed by atoms with Gasteiger partial charge in [0.05, 0.1) is 86.7 Å². The van der Waals surface area contributed by atoms with Gasteiger partial charge >= 0.3 is 65.7 Å². The van der Waals surface area contributed by atoms with E-state index in [4.69, 9.17) is 0 Å². The zero-order valence-corrected chi connectivity index (χ0v) is 59.3. The number of fused-ring (bicyclic) bond motifs is 2. The fraction of sp³-hybridized carbons (Fsp3) is 0.478. The van der Waals surface area contributed by atoms with Crippen molar-refractivity contribution in [3.8, 4) is 0 Å². The molecule has 6 atom stereocenters. The molecule has 1 aromatic heterocycles. The van der Waals surface area contributed by atoms with Gasteiger partial charge in [0.25, 0.3) is 0 Å². The van der Waals surface area contributed by atoms with Crippen molar-refractivity contribution >= 4 is 135 Å². The number of unbranched alkanes of at least 4 members (excludes halogenated alkanes) is 4. The molecular formula is C69H88N9O29S+. The molecule has 0 saturated heterocycles. The molecule has 4 rings (SSSR count). The quantitative estimate of drug-likeness (QED) is 0.0164. The fourth-order valence-electron chi connectivity index (χ4n) is 12.0. The Balaban J connectivity index is 1.58. The summed E-state index contributed by atoms with van der Waals surface area (Å²) in [6, 6.07) is 11.8. The van der Waals surface area contributed by atoms with Gasteiger partial charge in [-0.1, -0.05) is 68.3 Å². The first kappa shape index (κ1) is 89.1. The number of hydrogen-bond acceptors (Lipinski definition) is 24. The lowest BCUT2D eigenvalue weighted by atomic mass is 9.89. The van der Waals surface area contributed by atoms with E-state index >= 15 is 0 Å². The predicted octanol–water partition coefficient (Wildman–Crippen LogP) is 1.31. The first-order valence-electron chi connectivity index (χ1n) is 33.8. The summed E-state index contributed by atoms with van der Waals surface area (Å²) in [7, 11) is 0. The number of nitrogens with zero attached hydrogens (tertiary/aromatic N) is 6. The number of aromatic nitrogens is 1. The van der Waals surface area contributed by atoms with Gasteiger partial charge < -0.3 is 82.1 Å². The van der Waals surface area contributed by atoms with E-state index in [0.717, 1.165) is 14.7 Å². The van der Waals surface area contributed by atoms with E-state index in [2.05, 4.69) is 22.5 Å². The second kappa shape index (κ2) is 44.6. The van der Waals surface area contributed by atoms with Crippen LogP contribution in [0.25, 0.3) is 17.0 Å². The number of aryl methyl sites for hydroxylation is 1. The first-order valence-corrected chi connectivity index (χ1v) is 34.7. The summed E-state index contributed by atoms with van der Waals surface area (Å²) >= 11 is 1.35. The molecule has 0 aliphatic carbocycles. The molecule has 3 amide bonds. The number of carbonyl (C=O) groups is 17. The lowest BCUT2D eigenvalue weighted by Crippen LogP contribution is -2.56. The molecule has 0 bridgehead atoms. The van der Waals surface area contributed by atoms with E-state index in [-0.39, 0.29) is 96.6 Å². The van der Waals surface area contributed by atoms with E-state index in [1.165, 1.54) is 11.8 Å². The van der Waals surface area contributed by atoms with Crippen LogP contribution >= 0.6 is 11.8 Å². The standard InChI is InChI=1S/C69H87N9O29S/c1-40(79)32-74(33-57(86)87)48(66(100)101)15-4-2-6-17-50(81)42(20-22-53(83)71-64(68(104)105)76(36-60(92)93)37-61(94)95)30-43(80)25-28-73-27-24-41(44-12-8-9-13-46(44)73)31-56-78(47-14-10-11-19-52(47)108-56)29-26-55(85)70-45(21-23-54(84)72-65(69(106)107)77(38-62(96)97)39-63(98)99)51(82)18-7-3-5-16-49(67(102)103)75(34-58(88)89)35-59(90)91/h8-14,19,24,27,31,42,45,48-49,64-65H,1-7,15-18,20-23,25-26,28-30,32-39H2,(H14-,70,71,72,79,83,84,85,86,87,88,89,90,91,92,93,94,95,96,97,98,99,100,101,102,103,104,105,106,107)/p+1. The third kappa shape index (κ3) is 31.0. The second-order valence-electron chi connectivity index (χ2n) is 25.2. The molecule has 3 aromatic rings. The number of aliphatic carboxylic acids is 11. The van der Waals surface area contributed by atoms with Crippen LogP contribution in [0.1, 0.15) is 115 Å². The number of benzene rings is 2. The van der Waals surface area contributed by atoms with Gasteiger partial charge in [0.1, 0.15) is 23.7 Å². The van der Waals surface area contributed by atoms with Crippen LogP contribution in [0.4, 0.5) is 5.69 Å². The van der Waals surface area contributed by atoms with Crippen molar-refractivity contribution in [2.75, 3.05) is 63.8 Å². The number of thioether (sulfide) groups is 1. The summed E-state index contributed by atoms with van der Waals surface area (Å²) in [6.45, 7) is -4.08. The maximum absolute atomic E-state index is 14.1. The third-order valence-corrected chi connectivity index (χ3v) is 18.0. The van der Waals surface area contributed by atoms with Crippen LogP contribution in [0.3, 0.4) is 0 Å². The Hall–Kier alpha value is -11.3.